The molecule has 2 N–H and O–H groups in total. The fraction of sp³-hybridized carbons (Fsp3) is 0.400. The normalized spacial score (nSPS) is 16.7. The Balaban J connectivity index is 1.16. The number of alkyl halides is 3. The molecular formula is C30H33F3N6O4. The molecule has 13 heteroatoms. The number of aromatic nitrogens is 2. The maximum absolute atomic E-state index is 13.0. The average molecular weight is 599 g/mol. The lowest BCUT2D eigenvalue weighted by Crippen LogP contribution is -2.38. The highest BCUT2D eigenvalue weighted by molar-refractivity contribution is 6.03. The maximum Gasteiger partial charge on any atom is 0.416 e. The zero-order chi connectivity index (χ0) is 30.8. The Morgan fingerprint density at radius 2 is 1.86 bits per heavy atom. The van der Waals surface area contributed by atoms with Crippen LogP contribution in [0.5, 0.6) is 11.6 Å². The first-order valence-electron chi connectivity index (χ1n) is 13.9. The lowest BCUT2D eigenvalue weighted by Gasteiger charge is -2.24. The number of urea groups is 1. The molecule has 1 fully saturated rings. The number of rotatable bonds is 6. The summed E-state index contributed by atoms with van der Waals surface area (Å²) in [4.78, 5) is 36.9. The van der Waals surface area contributed by atoms with Crippen molar-refractivity contribution in [2.45, 2.75) is 58.0 Å². The van der Waals surface area contributed by atoms with Crippen LogP contribution in [-0.4, -0.2) is 58.3 Å². The number of nitrogens with one attached hydrogen (secondary N) is 2. The summed E-state index contributed by atoms with van der Waals surface area (Å²) in [6, 6.07) is 11.1. The van der Waals surface area contributed by atoms with Crippen molar-refractivity contribution >= 4 is 23.5 Å². The van der Waals surface area contributed by atoms with Crippen molar-refractivity contribution in [3.63, 3.8) is 0 Å². The van der Waals surface area contributed by atoms with E-state index in [4.69, 9.17) is 9.47 Å². The van der Waals surface area contributed by atoms with E-state index < -0.39 is 23.4 Å². The molecule has 0 bridgehead atoms. The molecule has 10 nitrogen and oxygen atoms in total. The topological polar surface area (TPSA) is 109 Å². The summed E-state index contributed by atoms with van der Waals surface area (Å²) >= 11 is 0. The molecule has 5 rings (SSSR count). The highest BCUT2D eigenvalue weighted by Crippen LogP contribution is 2.34. The standard InChI is InChI=1S/C30H33F3N6O4/c1-29(2,3)43-28(41)38-11-10-22(17-38)34-16-23-15-26(36-18-35-23)42-24-7-8-25-19(13-24)9-12-39(25)27(40)37-21-6-4-5-20(14-21)30(31,32)33/h4-8,13-15,18,22,34H,9-12,16-17H2,1-3H3,(H,37,40). The minimum absolute atomic E-state index is 0.0654. The fourth-order valence-electron chi connectivity index (χ4n) is 4.94. The van der Waals surface area contributed by atoms with Crippen molar-refractivity contribution in [3.8, 4) is 11.6 Å². The van der Waals surface area contributed by atoms with Crippen molar-refractivity contribution in [2.24, 2.45) is 0 Å². The number of amides is 3. The number of anilines is 2. The number of hydrogen-bond donors (Lipinski definition) is 2. The molecule has 2 aliphatic heterocycles. The Morgan fingerprint density at radius 3 is 2.63 bits per heavy atom. The first-order chi connectivity index (χ1) is 20.3. The third-order valence-electron chi connectivity index (χ3n) is 6.97. The minimum atomic E-state index is -4.50. The van der Waals surface area contributed by atoms with Crippen LogP contribution in [-0.2, 0) is 23.9 Å². The minimum Gasteiger partial charge on any atom is -0.444 e. The van der Waals surface area contributed by atoms with Gasteiger partial charge < -0.3 is 25.0 Å². The van der Waals surface area contributed by atoms with Gasteiger partial charge in [0.25, 0.3) is 0 Å². The van der Waals surface area contributed by atoms with Gasteiger partial charge in [0, 0.05) is 49.7 Å². The van der Waals surface area contributed by atoms with Gasteiger partial charge in [0.05, 0.1) is 11.3 Å². The molecular weight excluding hydrogens is 565 g/mol. The fourth-order valence-corrected chi connectivity index (χ4v) is 4.94. The number of benzene rings is 2. The van der Waals surface area contributed by atoms with E-state index in [9.17, 15) is 22.8 Å². The average Bonchev–Trinajstić information content (AvgIpc) is 3.58. The van der Waals surface area contributed by atoms with Crippen molar-refractivity contribution in [3.05, 3.63) is 71.7 Å². The van der Waals surface area contributed by atoms with Crippen LogP contribution in [0.2, 0.25) is 0 Å². The number of halogens is 3. The van der Waals surface area contributed by atoms with Gasteiger partial charge in [0.1, 0.15) is 17.7 Å². The second-order valence-corrected chi connectivity index (χ2v) is 11.4. The molecule has 43 heavy (non-hydrogen) atoms. The number of ether oxygens (including phenoxy) is 2. The predicted molar refractivity (Wildman–Crippen MR) is 153 cm³/mol. The first-order valence-corrected chi connectivity index (χ1v) is 13.9. The molecule has 3 heterocycles. The smallest absolute Gasteiger partial charge is 0.416 e. The molecule has 1 aromatic heterocycles. The largest absolute Gasteiger partial charge is 0.444 e. The van der Waals surface area contributed by atoms with E-state index in [1.165, 1.54) is 23.4 Å². The van der Waals surface area contributed by atoms with E-state index in [0.717, 1.165) is 29.8 Å². The lowest BCUT2D eigenvalue weighted by atomic mass is 10.1. The molecule has 0 spiro atoms. The number of carbonyl (C=O) groups excluding carboxylic acids is 2. The van der Waals surface area contributed by atoms with Gasteiger partial charge in [-0.1, -0.05) is 6.07 Å². The number of carbonyl (C=O) groups is 2. The van der Waals surface area contributed by atoms with Crippen LogP contribution in [0.15, 0.2) is 54.9 Å². The van der Waals surface area contributed by atoms with Crippen LogP contribution >= 0.6 is 0 Å². The van der Waals surface area contributed by atoms with E-state index >= 15 is 0 Å². The summed E-state index contributed by atoms with van der Waals surface area (Å²) in [5, 5.41) is 5.97. The van der Waals surface area contributed by atoms with Crippen molar-refractivity contribution in [2.75, 3.05) is 29.9 Å². The van der Waals surface area contributed by atoms with Crippen molar-refractivity contribution < 1.29 is 32.2 Å². The maximum atomic E-state index is 13.0. The van der Waals surface area contributed by atoms with E-state index in [2.05, 4.69) is 20.6 Å². The second-order valence-electron chi connectivity index (χ2n) is 11.4. The van der Waals surface area contributed by atoms with Crippen LogP contribution < -0.4 is 20.3 Å². The van der Waals surface area contributed by atoms with E-state index in [0.29, 0.717) is 49.9 Å². The van der Waals surface area contributed by atoms with Gasteiger partial charge in [-0.05, 0) is 75.6 Å². The lowest BCUT2D eigenvalue weighted by molar-refractivity contribution is -0.137. The highest BCUT2D eigenvalue weighted by atomic mass is 19.4. The van der Waals surface area contributed by atoms with Crippen molar-refractivity contribution in [1.29, 1.82) is 0 Å². The van der Waals surface area contributed by atoms with Crippen LogP contribution in [0.3, 0.4) is 0 Å². The molecule has 3 aromatic rings. The summed E-state index contributed by atoms with van der Waals surface area (Å²) in [5.41, 5.74) is 0.934. The first kappa shape index (κ1) is 30.1. The van der Waals surface area contributed by atoms with Gasteiger partial charge in [-0.2, -0.15) is 13.2 Å². The zero-order valence-electron chi connectivity index (χ0n) is 24.1. The molecule has 0 aliphatic carbocycles. The number of likely N-dealkylation sites (tertiary alicyclic amines) is 1. The van der Waals surface area contributed by atoms with E-state index in [1.54, 1.807) is 23.1 Å². The van der Waals surface area contributed by atoms with Crippen LogP contribution in [0.1, 0.15) is 44.0 Å². The molecule has 0 radical (unpaired) electrons. The predicted octanol–water partition coefficient (Wildman–Crippen LogP) is 5.98. The Hall–Kier alpha value is -4.39. The van der Waals surface area contributed by atoms with Gasteiger partial charge in [0.15, 0.2) is 0 Å². The highest BCUT2D eigenvalue weighted by Gasteiger charge is 2.32. The molecule has 0 saturated carbocycles. The van der Waals surface area contributed by atoms with Crippen LogP contribution in [0.4, 0.5) is 34.1 Å². The summed E-state index contributed by atoms with van der Waals surface area (Å²) in [6.45, 7) is 7.53. The molecule has 1 saturated heterocycles. The molecule has 3 amide bonds. The Bertz CT molecular complexity index is 1490. The third-order valence-corrected chi connectivity index (χ3v) is 6.97. The second kappa shape index (κ2) is 12.1. The third kappa shape index (κ3) is 7.72. The van der Waals surface area contributed by atoms with Gasteiger partial charge in [-0.25, -0.2) is 19.6 Å². The molecule has 2 aliphatic rings. The molecule has 228 valence electrons. The number of nitrogens with zero attached hydrogens (tertiary/aromatic N) is 4. The monoisotopic (exact) mass is 598 g/mol. The number of hydrogen-bond acceptors (Lipinski definition) is 7. The Kier molecular flexibility index (Phi) is 8.45. The van der Waals surface area contributed by atoms with E-state index in [-0.39, 0.29) is 17.8 Å². The summed E-state index contributed by atoms with van der Waals surface area (Å²) in [5.74, 6) is 0.881. The van der Waals surface area contributed by atoms with Gasteiger partial charge in [-0.3, -0.25) is 4.90 Å². The Labute approximate surface area is 247 Å². The quantitative estimate of drug-likeness (QED) is 0.359. The van der Waals surface area contributed by atoms with Crippen LogP contribution in [0, 0.1) is 0 Å². The van der Waals surface area contributed by atoms with Gasteiger partial charge in [-0.15, -0.1) is 0 Å². The van der Waals surface area contributed by atoms with Gasteiger partial charge in [0.2, 0.25) is 5.88 Å². The molecule has 2 aromatic carbocycles. The van der Waals surface area contributed by atoms with Crippen LogP contribution in [0.25, 0.3) is 0 Å². The Morgan fingerprint density at radius 1 is 1.05 bits per heavy atom. The molecule has 1 unspecified atom stereocenters. The SMILES string of the molecule is CC(C)(C)OC(=O)N1CCC(NCc2cc(Oc3ccc4c(c3)CCN4C(=O)Nc3cccc(C(F)(F)F)c3)ncn2)C1. The molecule has 1 atom stereocenters. The summed E-state index contributed by atoms with van der Waals surface area (Å²) < 4.78 is 50.5. The summed E-state index contributed by atoms with van der Waals surface area (Å²) in [7, 11) is 0. The summed E-state index contributed by atoms with van der Waals surface area (Å²) in [6.07, 6.45) is -2.04. The van der Waals surface area contributed by atoms with Crippen molar-refractivity contribution in [1.82, 2.24) is 20.2 Å². The van der Waals surface area contributed by atoms with E-state index in [1.807, 2.05) is 26.8 Å². The van der Waals surface area contributed by atoms with Gasteiger partial charge >= 0.3 is 18.3 Å². The zero-order valence-corrected chi connectivity index (χ0v) is 24.1. The number of fused-ring (bicyclic) bond motifs is 1.